The van der Waals surface area contributed by atoms with Gasteiger partial charge in [0.15, 0.2) is 5.69 Å². The molecule has 0 aliphatic carbocycles. The van der Waals surface area contributed by atoms with E-state index in [-0.39, 0.29) is 23.1 Å². The number of nitrogens with zero attached hydrogens (tertiary/aromatic N) is 5. The van der Waals surface area contributed by atoms with E-state index < -0.39 is 0 Å². The van der Waals surface area contributed by atoms with Crippen LogP contribution in [0, 0.1) is 18.3 Å². The van der Waals surface area contributed by atoms with E-state index in [4.69, 9.17) is 4.74 Å². The highest BCUT2D eigenvalue weighted by Gasteiger charge is 2.19. The molecular weight excluding hydrogens is 430 g/mol. The minimum atomic E-state index is -0.287. The molecule has 176 valence electrons. The standard InChI is InChI=1S/C25H29N7O2/c1-16-23(32-15-22(30-31-32)24(33)28-14-21-6-5-7-34-21)11-20(13-27-16)29-19-9-17(12-26)8-18(10-19)25(2,3)4/h8-11,13,15,21,29H,5-7,14H2,1-4H3,(H,28,33). The van der Waals surface area contributed by atoms with E-state index in [1.807, 2.05) is 25.1 Å². The molecule has 1 aliphatic rings. The van der Waals surface area contributed by atoms with Crippen LogP contribution in [0.15, 0.2) is 36.7 Å². The highest BCUT2D eigenvalue weighted by molar-refractivity contribution is 5.91. The van der Waals surface area contributed by atoms with Crippen LogP contribution < -0.4 is 10.6 Å². The van der Waals surface area contributed by atoms with Crippen molar-refractivity contribution in [2.45, 2.75) is 52.1 Å². The van der Waals surface area contributed by atoms with Gasteiger partial charge in [0, 0.05) is 18.8 Å². The normalized spacial score (nSPS) is 15.7. The molecule has 1 saturated heterocycles. The number of pyridine rings is 1. The van der Waals surface area contributed by atoms with E-state index in [0.717, 1.165) is 42.1 Å². The molecule has 0 bridgehead atoms. The van der Waals surface area contributed by atoms with Crippen molar-refractivity contribution in [3.05, 3.63) is 59.2 Å². The number of carbonyl (C=O) groups is 1. The van der Waals surface area contributed by atoms with Crippen LogP contribution >= 0.6 is 0 Å². The van der Waals surface area contributed by atoms with Crippen LogP contribution in [0.25, 0.3) is 5.69 Å². The Balaban J connectivity index is 1.53. The van der Waals surface area contributed by atoms with Gasteiger partial charge < -0.3 is 15.4 Å². The summed E-state index contributed by atoms with van der Waals surface area (Å²) >= 11 is 0. The molecular formula is C25H29N7O2. The molecule has 0 saturated carbocycles. The Hall–Kier alpha value is -3.77. The fraction of sp³-hybridized carbons (Fsp3) is 0.400. The Morgan fingerprint density at radius 2 is 2.09 bits per heavy atom. The predicted molar refractivity (Wildman–Crippen MR) is 128 cm³/mol. The summed E-state index contributed by atoms with van der Waals surface area (Å²) in [5, 5.41) is 23.8. The molecule has 1 unspecified atom stereocenters. The van der Waals surface area contributed by atoms with Gasteiger partial charge in [-0.2, -0.15) is 5.26 Å². The molecule has 34 heavy (non-hydrogen) atoms. The summed E-state index contributed by atoms with van der Waals surface area (Å²) in [6, 6.07) is 9.87. The van der Waals surface area contributed by atoms with Crippen LogP contribution in [0.2, 0.25) is 0 Å². The zero-order chi connectivity index (χ0) is 24.3. The van der Waals surface area contributed by atoms with Crippen molar-refractivity contribution in [3.63, 3.8) is 0 Å². The highest BCUT2D eigenvalue weighted by Crippen LogP contribution is 2.28. The van der Waals surface area contributed by atoms with E-state index >= 15 is 0 Å². The summed E-state index contributed by atoms with van der Waals surface area (Å²) in [6.45, 7) is 9.40. The van der Waals surface area contributed by atoms with Crippen molar-refractivity contribution < 1.29 is 9.53 Å². The molecule has 0 spiro atoms. The molecule has 1 amide bonds. The zero-order valence-electron chi connectivity index (χ0n) is 19.9. The maximum absolute atomic E-state index is 12.5. The van der Waals surface area contributed by atoms with Crippen molar-refractivity contribution in [1.29, 1.82) is 5.26 Å². The van der Waals surface area contributed by atoms with Crippen LogP contribution in [0.5, 0.6) is 0 Å². The molecule has 9 nitrogen and oxygen atoms in total. The Morgan fingerprint density at radius 3 is 2.79 bits per heavy atom. The summed E-state index contributed by atoms with van der Waals surface area (Å²) in [7, 11) is 0. The van der Waals surface area contributed by atoms with Gasteiger partial charge in [0.1, 0.15) is 0 Å². The van der Waals surface area contributed by atoms with Crippen LogP contribution in [-0.2, 0) is 10.2 Å². The summed E-state index contributed by atoms with van der Waals surface area (Å²) < 4.78 is 7.09. The Kier molecular flexibility index (Phi) is 6.61. The monoisotopic (exact) mass is 459 g/mol. The van der Waals surface area contributed by atoms with Crippen molar-refractivity contribution >= 4 is 17.3 Å². The van der Waals surface area contributed by atoms with E-state index in [1.165, 1.54) is 0 Å². The maximum Gasteiger partial charge on any atom is 0.273 e. The first kappa shape index (κ1) is 23.4. The summed E-state index contributed by atoms with van der Waals surface area (Å²) in [5.41, 5.74) is 4.75. The lowest BCUT2D eigenvalue weighted by molar-refractivity contribution is 0.0853. The number of benzene rings is 1. The van der Waals surface area contributed by atoms with Gasteiger partial charge >= 0.3 is 0 Å². The number of amides is 1. The summed E-state index contributed by atoms with van der Waals surface area (Å²) in [6.07, 6.45) is 5.34. The predicted octanol–water partition coefficient (Wildman–Crippen LogP) is 3.79. The van der Waals surface area contributed by atoms with Gasteiger partial charge in [0.2, 0.25) is 0 Å². The first-order valence-corrected chi connectivity index (χ1v) is 11.3. The largest absolute Gasteiger partial charge is 0.376 e. The second-order valence-electron chi connectivity index (χ2n) is 9.51. The van der Waals surface area contributed by atoms with Crippen LogP contribution in [-0.4, -0.2) is 45.1 Å². The van der Waals surface area contributed by atoms with Gasteiger partial charge in [-0.05, 0) is 55.0 Å². The molecule has 0 radical (unpaired) electrons. The van der Waals surface area contributed by atoms with E-state index in [1.54, 1.807) is 23.1 Å². The number of nitriles is 1. The highest BCUT2D eigenvalue weighted by atomic mass is 16.5. The second-order valence-corrected chi connectivity index (χ2v) is 9.51. The molecule has 2 N–H and O–H groups in total. The topological polar surface area (TPSA) is 118 Å². The average molecular weight is 460 g/mol. The van der Waals surface area contributed by atoms with Gasteiger partial charge in [-0.25, -0.2) is 4.68 Å². The molecule has 1 atom stereocenters. The lowest BCUT2D eigenvalue weighted by atomic mass is 9.86. The van der Waals surface area contributed by atoms with Gasteiger partial charge in [-0.1, -0.05) is 26.0 Å². The van der Waals surface area contributed by atoms with E-state index in [9.17, 15) is 10.1 Å². The maximum atomic E-state index is 12.5. The van der Waals surface area contributed by atoms with Crippen LogP contribution in [0.1, 0.15) is 60.9 Å². The van der Waals surface area contributed by atoms with Crippen molar-refractivity contribution in [2.75, 3.05) is 18.5 Å². The van der Waals surface area contributed by atoms with Crippen molar-refractivity contribution in [2.24, 2.45) is 0 Å². The smallest absolute Gasteiger partial charge is 0.273 e. The number of aromatic nitrogens is 4. The number of rotatable bonds is 6. The first-order chi connectivity index (χ1) is 16.2. The second kappa shape index (κ2) is 9.61. The van der Waals surface area contributed by atoms with E-state index in [0.29, 0.717) is 17.8 Å². The number of aryl methyl sites for hydroxylation is 1. The zero-order valence-corrected chi connectivity index (χ0v) is 19.9. The third kappa shape index (κ3) is 5.41. The summed E-state index contributed by atoms with van der Waals surface area (Å²) in [5.74, 6) is -0.287. The Morgan fingerprint density at radius 1 is 1.26 bits per heavy atom. The van der Waals surface area contributed by atoms with Crippen LogP contribution in [0.3, 0.4) is 0 Å². The van der Waals surface area contributed by atoms with Crippen molar-refractivity contribution in [1.82, 2.24) is 25.3 Å². The minimum Gasteiger partial charge on any atom is -0.376 e. The number of ether oxygens (including phenoxy) is 1. The van der Waals surface area contributed by atoms with Gasteiger partial charge in [-0.15, -0.1) is 5.10 Å². The number of carbonyl (C=O) groups excluding carboxylic acids is 1. The van der Waals surface area contributed by atoms with Gasteiger partial charge in [-0.3, -0.25) is 9.78 Å². The fourth-order valence-electron chi connectivity index (χ4n) is 3.77. The minimum absolute atomic E-state index is 0.0616. The molecule has 1 fully saturated rings. The van der Waals surface area contributed by atoms with Crippen molar-refractivity contribution in [3.8, 4) is 11.8 Å². The number of anilines is 2. The third-order valence-electron chi connectivity index (χ3n) is 5.76. The fourth-order valence-corrected chi connectivity index (χ4v) is 3.77. The quantitative estimate of drug-likeness (QED) is 0.576. The number of hydrogen-bond donors (Lipinski definition) is 2. The molecule has 2 aromatic heterocycles. The molecule has 4 rings (SSSR count). The molecule has 1 aromatic carbocycles. The number of hydrogen-bond acceptors (Lipinski definition) is 7. The van der Waals surface area contributed by atoms with Gasteiger partial charge in [0.25, 0.3) is 5.91 Å². The lowest BCUT2D eigenvalue weighted by Gasteiger charge is -2.21. The SMILES string of the molecule is Cc1ncc(Nc2cc(C#N)cc(C(C)(C)C)c2)cc1-n1cc(C(=O)NCC2CCCO2)nn1. The summed E-state index contributed by atoms with van der Waals surface area (Å²) in [4.78, 5) is 17.0. The van der Waals surface area contributed by atoms with E-state index in [2.05, 4.69) is 52.8 Å². The Labute approximate surface area is 199 Å². The third-order valence-corrected chi connectivity index (χ3v) is 5.76. The molecule has 9 heteroatoms. The molecule has 3 heterocycles. The van der Waals surface area contributed by atoms with Gasteiger partial charge in [0.05, 0.1) is 47.2 Å². The molecule has 1 aliphatic heterocycles. The van der Waals surface area contributed by atoms with Crippen LogP contribution in [0.4, 0.5) is 11.4 Å². The molecule has 3 aromatic rings. The average Bonchev–Trinajstić information content (AvgIpc) is 3.50. The first-order valence-electron chi connectivity index (χ1n) is 11.3. The Bertz CT molecular complexity index is 1230. The lowest BCUT2D eigenvalue weighted by Crippen LogP contribution is -2.31. The number of nitrogens with one attached hydrogen (secondary N) is 2.